The number of rotatable bonds is 9. The highest BCUT2D eigenvalue weighted by Crippen LogP contribution is 2.13. The monoisotopic (exact) mass is 256 g/mol. The van der Waals surface area contributed by atoms with E-state index < -0.39 is 0 Å². The summed E-state index contributed by atoms with van der Waals surface area (Å²) in [5.41, 5.74) is 0. The average molecular weight is 256 g/mol. The molecule has 3 heteroatoms. The minimum Gasteiger partial charge on any atom is -0.377 e. The van der Waals surface area contributed by atoms with Gasteiger partial charge in [-0.05, 0) is 64.7 Å². The van der Waals surface area contributed by atoms with Crippen molar-refractivity contribution in [3.8, 4) is 0 Å². The van der Waals surface area contributed by atoms with Crippen LogP contribution >= 0.6 is 0 Å². The van der Waals surface area contributed by atoms with Crippen molar-refractivity contribution in [2.75, 3.05) is 39.3 Å². The van der Waals surface area contributed by atoms with Gasteiger partial charge in [0.05, 0.1) is 6.10 Å². The summed E-state index contributed by atoms with van der Waals surface area (Å²) in [6.07, 6.45) is 5.64. The summed E-state index contributed by atoms with van der Waals surface area (Å²) in [7, 11) is 0. The summed E-state index contributed by atoms with van der Waals surface area (Å²) in [4.78, 5) is 2.58. The predicted molar refractivity (Wildman–Crippen MR) is 78.0 cm³/mol. The molecule has 0 aliphatic carbocycles. The van der Waals surface area contributed by atoms with E-state index in [0.29, 0.717) is 6.10 Å². The maximum atomic E-state index is 5.73. The molecule has 0 spiro atoms. The van der Waals surface area contributed by atoms with Crippen molar-refractivity contribution in [1.82, 2.24) is 10.2 Å². The van der Waals surface area contributed by atoms with Crippen LogP contribution in [0.2, 0.25) is 0 Å². The molecule has 0 bridgehead atoms. The second-order valence-electron chi connectivity index (χ2n) is 5.83. The molecule has 1 fully saturated rings. The lowest BCUT2D eigenvalue weighted by atomic mass is 10.1. The SMILES string of the molecule is CCOC1CCCN(CCCCNCC(C)C)C1. The fourth-order valence-corrected chi connectivity index (χ4v) is 2.56. The van der Waals surface area contributed by atoms with Crippen molar-refractivity contribution in [1.29, 1.82) is 0 Å². The Bertz CT molecular complexity index is 195. The molecule has 0 radical (unpaired) electrons. The summed E-state index contributed by atoms with van der Waals surface area (Å²) in [6.45, 7) is 13.4. The number of unbranched alkanes of at least 4 members (excludes halogenated alkanes) is 1. The Balaban J connectivity index is 1.98. The molecule has 3 nitrogen and oxygen atoms in total. The van der Waals surface area contributed by atoms with E-state index in [1.807, 2.05) is 0 Å². The van der Waals surface area contributed by atoms with Crippen LogP contribution in [0.5, 0.6) is 0 Å². The van der Waals surface area contributed by atoms with Gasteiger partial charge in [0.15, 0.2) is 0 Å². The quantitative estimate of drug-likeness (QED) is 0.642. The Morgan fingerprint density at radius 1 is 1.33 bits per heavy atom. The molecule has 1 unspecified atom stereocenters. The first-order valence-corrected chi connectivity index (χ1v) is 7.77. The summed E-state index contributed by atoms with van der Waals surface area (Å²) in [5, 5.41) is 3.51. The van der Waals surface area contributed by atoms with Gasteiger partial charge in [-0.1, -0.05) is 13.8 Å². The van der Waals surface area contributed by atoms with Gasteiger partial charge in [0.25, 0.3) is 0 Å². The maximum absolute atomic E-state index is 5.73. The minimum atomic E-state index is 0.489. The van der Waals surface area contributed by atoms with Crippen molar-refractivity contribution in [2.45, 2.75) is 52.6 Å². The summed E-state index contributed by atoms with van der Waals surface area (Å²) in [6, 6.07) is 0. The van der Waals surface area contributed by atoms with Gasteiger partial charge in [0.1, 0.15) is 0 Å². The van der Waals surface area contributed by atoms with Crippen molar-refractivity contribution in [3.63, 3.8) is 0 Å². The first-order valence-electron chi connectivity index (χ1n) is 7.77. The zero-order valence-corrected chi connectivity index (χ0v) is 12.6. The molecule has 0 amide bonds. The van der Waals surface area contributed by atoms with Crippen molar-refractivity contribution in [3.05, 3.63) is 0 Å². The zero-order chi connectivity index (χ0) is 13.2. The van der Waals surface area contributed by atoms with E-state index in [1.165, 1.54) is 45.3 Å². The molecule has 18 heavy (non-hydrogen) atoms. The summed E-state index contributed by atoms with van der Waals surface area (Å²) >= 11 is 0. The number of nitrogens with one attached hydrogen (secondary N) is 1. The molecular formula is C15H32N2O. The fourth-order valence-electron chi connectivity index (χ4n) is 2.56. The lowest BCUT2D eigenvalue weighted by Gasteiger charge is -2.32. The normalized spacial score (nSPS) is 21.7. The number of hydrogen-bond acceptors (Lipinski definition) is 3. The topological polar surface area (TPSA) is 24.5 Å². The average Bonchev–Trinajstić information content (AvgIpc) is 2.34. The molecule has 0 aromatic carbocycles. The van der Waals surface area contributed by atoms with Crippen LogP contribution in [0.4, 0.5) is 0 Å². The lowest BCUT2D eigenvalue weighted by Crippen LogP contribution is -2.40. The van der Waals surface area contributed by atoms with E-state index in [2.05, 4.69) is 31.0 Å². The first kappa shape index (κ1) is 15.9. The van der Waals surface area contributed by atoms with Crippen LogP contribution in [0.25, 0.3) is 0 Å². The largest absolute Gasteiger partial charge is 0.377 e. The van der Waals surface area contributed by atoms with Gasteiger partial charge in [-0.2, -0.15) is 0 Å². The molecule has 1 rings (SSSR count). The van der Waals surface area contributed by atoms with Crippen molar-refractivity contribution >= 4 is 0 Å². The maximum Gasteiger partial charge on any atom is 0.0702 e. The fraction of sp³-hybridized carbons (Fsp3) is 1.00. The Morgan fingerprint density at radius 2 is 2.17 bits per heavy atom. The Morgan fingerprint density at radius 3 is 2.89 bits per heavy atom. The molecule has 0 aromatic rings. The Hall–Kier alpha value is -0.120. The Kier molecular flexibility index (Phi) is 8.64. The molecular weight excluding hydrogens is 224 g/mol. The predicted octanol–water partition coefficient (Wildman–Crippen LogP) is 2.51. The third-order valence-corrected chi connectivity index (χ3v) is 3.50. The van der Waals surface area contributed by atoms with Gasteiger partial charge in [0.2, 0.25) is 0 Å². The second-order valence-corrected chi connectivity index (χ2v) is 5.83. The van der Waals surface area contributed by atoms with Gasteiger partial charge in [-0.3, -0.25) is 0 Å². The van der Waals surface area contributed by atoms with E-state index in [0.717, 1.165) is 25.6 Å². The van der Waals surface area contributed by atoms with Gasteiger partial charge in [-0.25, -0.2) is 0 Å². The molecule has 1 atom stereocenters. The van der Waals surface area contributed by atoms with Crippen LogP contribution < -0.4 is 5.32 Å². The Labute approximate surface area is 113 Å². The first-order chi connectivity index (χ1) is 8.72. The van der Waals surface area contributed by atoms with E-state index in [9.17, 15) is 0 Å². The van der Waals surface area contributed by atoms with Crippen LogP contribution in [0.15, 0.2) is 0 Å². The third kappa shape index (κ3) is 7.34. The number of ether oxygens (including phenoxy) is 1. The second kappa shape index (κ2) is 9.76. The smallest absolute Gasteiger partial charge is 0.0702 e. The summed E-state index contributed by atoms with van der Waals surface area (Å²) in [5.74, 6) is 0.763. The van der Waals surface area contributed by atoms with Gasteiger partial charge < -0.3 is 15.0 Å². The molecule has 0 aromatic heterocycles. The van der Waals surface area contributed by atoms with E-state index in [-0.39, 0.29) is 0 Å². The summed E-state index contributed by atoms with van der Waals surface area (Å²) < 4.78 is 5.73. The molecule has 0 saturated carbocycles. The number of nitrogens with zero attached hydrogens (tertiary/aromatic N) is 1. The number of hydrogen-bond donors (Lipinski definition) is 1. The molecule has 108 valence electrons. The van der Waals surface area contributed by atoms with Crippen LogP contribution in [0.3, 0.4) is 0 Å². The van der Waals surface area contributed by atoms with Gasteiger partial charge >= 0.3 is 0 Å². The van der Waals surface area contributed by atoms with Crippen molar-refractivity contribution in [2.24, 2.45) is 5.92 Å². The zero-order valence-electron chi connectivity index (χ0n) is 12.6. The van der Waals surface area contributed by atoms with Gasteiger partial charge in [-0.15, -0.1) is 0 Å². The molecule has 1 heterocycles. The molecule has 1 aliphatic rings. The van der Waals surface area contributed by atoms with Crippen molar-refractivity contribution < 1.29 is 4.74 Å². The lowest BCUT2D eigenvalue weighted by molar-refractivity contribution is 0.00563. The van der Waals surface area contributed by atoms with Crippen LogP contribution in [0.1, 0.15) is 46.5 Å². The van der Waals surface area contributed by atoms with E-state index in [1.54, 1.807) is 0 Å². The highest BCUT2D eigenvalue weighted by molar-refractivity contribution is 4.73. The van der Waals surface area contributed by atoms with Crippen LogP contribution in [-0.4, -0.2) is 50.3 Å². The number of likely N-dealkylation sites (tertiary alicyclic amines) is 1. The van der Waals surface area contributed by atoms with E-state index >= 15 is 0 Å². The van der Waals surface area contributed by atoms with E-state index in [4.69, 9.17) is 4.74 Å². The van der Waals surface area contributed by atoms with Crippen LogP contribution in [0, 0.1) is 5.92 Å². The minimum absolute atomic E-state index is 0.489. The molecule has 1 saturated heterocycles. The highest BCUT2D eigenvalue weighted by atomic mass is 16.5. The number of piperidine rings is 1. The van der Waals surface area contributed by atoms with Crippen LogP contribution in [-0.2, 0) is 4.74 Å². The molecule has 1 aliphatic heterocycles. The molecule has 1 N–H and O–H groups in total. The highest BCUT2D eigenvalue weighted by Gasteiger charge is 2.19. The standard InChI is InChI=1S/C15H32N2O/c1-4-18-15-8-7-11-17(13-15)10-6-5-9-16-12-14(2)3/h14-16H,4-13H2,1-3H3. The third-order valence-electron chi connectivity index (χ3n) is 3.50. The van der Waals surface area contributed by atoms with Gasteiger partial charge in [0, 0.05) is 13.2 Å².